The highest BCUT2D eigenvalue weighted by atomic mass is 79.9. The SMILES string of the molecule is N#CC1(c2nc(-c3ccc(Br)cc3)cs2)CCC1. The largest absolute Gasteiger partial charge is 0.240 e. The number of benzene rings is 1. The molecule has 4 heteroatoms. The summed E-state index contributed by atoms with van der Waals surface area (Å²) < 4.78 is 1.06. The Labute approximate surface area is 118 Å². The minimum absolute atomic E-state index is 0.293. The molecule has 0 spiro atoms. The minimum atomic E-state index is -0.293. The molecule has 1 aromatic heterocycles. The Morgan fingerprint density at radius 3 is 2.56 bits per heavy atom. The maximum atomic E-state index is 9.32. The topological polar surface area (TPSA) is 36.7 Å². The standard InChI is InChI=1S/C14H11BrN2S/c15-11-4-2-10(3-5-11)12-8-18-13(17-12)14(9-16)6-1-7-14/h2-5,8H,1,6-7H2. The molecule has 1 aliphatic rings. The molecule has 0 radical (unpaired) electrons. The number of thiazole rings is 1. The van der Waals surface area contributed by atoms with Gasteiger partial charge in [-0.1, -0.05) is 28.1 Å². The van der Waals surface area contributed by atoms with Crippen molar-refractivity contribution in [2.24, 2.45) is 0 Å². The zero-order valence-corrected chi connectivity index (χ0v) is 12.1. The third-order valence-electron chi connectivity index (χ3n) is 3.47. The Morgan fingerprint density at radius 1 is 1.28 bits per heavy atom. The first-order chi connectivity index (χ1) is 8.73. The lowest BCUT2D eigenvalue weighted by atomic mass is 9.70. The van der Waals surface area contributed by atoms with Crippen LogP contribution in [0.2, 0.25) is 0 Å². The molecule has 1 aromatic carbocycles. The zero-order valence-electron chi connectivity index (χ0n) is 9.69. The number of hydrogen-bond acceptors (Lipinski definition) is 3. The highest BCUT2D eigenvalue weighted by molar-refractivity contribution is 9.10. The van der Waals surface area contributed by atoms with Gasteiger partial charge in [-0.3, -0.25) is 0 Å². The molecule has 1 fully saturated rings. The van der Waals surface area contributed by atoms with E-state index in [1.807, 2.05) is 24.3 Å². The van der Waals surface area contributed by atoms with Crippen LogP contribution in [0.4, 0.5) is 0 Å². The number of aromatic nitrogens is 1. The lowest BCUT2D eigenvalue weighted by Gasteiger charge is -2.32. The molecule has 1 aliphatic carbocycles. The Balaban J connectivity index is 1.95. The van der Waals surface area contributed by atoms with Crippen LogP contribution in [-0.4, -0.2) is 4.98 Å². The first-order valence-electron chi connectivity index (χ1n) is 5.87. The molecule has 0 unspecified atom stereocenters. The van der Waals surface area contributed by atoms with E-state index in [2.05, 4.69) is 32.4 Å². The van der Waals surface area contributed by atoms with E-state index < -0.39 is 0 Å². The number of nitriles is 1. The summed E-state index contributed by atoms with van der Waals surface area (Å²) in [6.07, 6.45) is 3.05. The fraction of sp³-hybridized carbons (Fsp3) is 0.286. The lowest BCUT2D eigenvalue weighted by molar-refractivity contribution is 0.323. The molecule has 3 rings (SSSR count). The Hall–Kier alpha value is -1.18. The van der Waals surface area contributed by atoms with Crippen LogP contribution in [0.15, 0.2) is 34.1 Å². The second kappa shape index (κ2) is 4.49. The van der Waals surface area contributed by atoms with Gasteiger partial charge in [0.1, 0.15) is 10.4 Å². The molecule has 0 aliphatic heterocycles. The van der Waals surface area contributed by atoms with Crippen LogP contribution >= 0.6 is 27.3 Å². The molecule has 90 valence electrons. The van der Waals surface area contributed by atoms with Crippen molar-refractivity contribution in [1.29, 1.82) is 5.26 Å². The highest BCUT2D eigenvalue weighted by Crippen LogP contribution is 2.45. The molecular weight excluding hydrogens is 308 g/mol. The van der Waals surface area contributed by atoms with Crippen molar-refractivity contribution in [2.45, 2.75) is 24.7 Å². The van der Waals surface area contributed by atoms with Crippen molar-refractivity contribution in [3.8, 4) is 17.3 Å². The van der Waals surface area contributed by atoms with Crippen LogP contribution in [0.3, 0.4) is 0 Å². The predicted octanol–water partition coefficient (Wildman–Crippen LogP) is 4.52. The summed E-state index contributed by atoms with van der Waals surface area (Å²) in [5, 5.41) is 12.3. The lowest BCUT2D eigenvalue weighted by Crippen LogP contribution is -2.32. The summed E-state index contributed by atoms with van der Waals surface area (Å²) in [6, 6.07) is 10.6. The molecule has 2 aromatic rings. The van der Waals surface area contributed by atoms with Crippen LogP contribution < -0.4 is 0 Å². The van der Waals surface area contributed by atoms with Crippen LogP contribution in [0.1, 0.15) is 24.3 Å². The van der Waals surface area contributed by atoms with Gasteiger partial charge in [0.05, 0.1) is 11.8 Å². The van der Waals surface area contributed by atoms with Crippen LogP contribution in [-0.2, 0) is 5.41 Å². The van der Waals surface area contributed by atoms with Crippen molar-refractivity contribution >= 4 is 27.3 Å². The first kappa shape index (κ1) is 11.9. The van der Waals surface area contributed by atoms with Crippen molar-refractivity contribution in [1.82, 2.24) is 4.98 Å². The second-order valence-corrected chi connectivity index (χ2v) is 6.37. The van der Waals surface area contributed by atoms with Crippen LogP contribution in [0, 0.1) is 11.3 Å². The highest BCUT2D eigenvalue weighted by Gasteiger charge is 2.41. The van der Waals surface area contributed by atoms with E-state index in [9.17, 15) is 5.26 Å². The van der Waals surface area contributed by atoms with Crippen LogP contribution in [0.25, 0.3) is 11.3 Å². The van der Waals surface area contributed by atoms with Gasteiger partial charge < -0.3 is 0 Å². The summed E-state index contributed by atoms with van der Waals surface area (Å²) >= 11 is 5.04. The van der Waals surface area contributed by atoms with Gasteiger partial charge in [-0.05, 0) is 31.4 Å². The van der Waals surface area contributed by atoms with E-state index >= 15 is 0 Å². The summed E-state index contributed by atoms with van der Waals surface area (Å²) in [7, 11) is 0. The maximum absolute atomic E-state index is 9.32. The van der Waals surface area contributed by atoms with Crippen molar-refractivity contribution in [3.63, 3.8) is 0 Å². The molecule has 0 N–H and O–H groups in total. The van der Waals surface area contributed by atoms with Crippen LogP contribution in [0.5, 0.6) is 0 Å². The van der Waals surface area contributed by atoms with Gasteiger partial charge in [0, 0.05) is 15.4 Å². The van der Waals surface area contributed by atoms with Gasteiger partial charge in [-0.15, -0.1) is 11.3 Å². The monoisotopic (exact) mass is 318 g/mol. The van der Waals surface area contributed by atoms with E-state index in [4.69, 9.17) is 0 Å². The van der Waals surface area contributed by atoms with Gasteiger partial charge in [0.15, 0.2) is 0 Å². The van der Waals surface area contributed by atoms with Crippen molar-refractivity contribution in [2.75, 3.05) is 0 Å². The average Bonchev–Trinajstić information content (AvgIpc) is 2.79. The third-order valence-corrected chi connectivity index (χ3v) is 5.05. The second-order valence-electron chi connectivity index (χ2n) is 4.59. The fourth-order valence-corrected chi connectivity index (χ4v) is 3.45. The number of hydrogen-bond donors (Lipinski definition) is 0. The Bertz CT molecular complexity index is 605. The van der Waals surface area contributed by atoms with E-state index in [0.717, 1.165) is 40.0 Å². The molecule has 1 saturated carbocycles. The van der Waals surface area contributed by atoms with Gasteiger partial charge >= 0.3 is 0 Å². The molecule has 2 nitrogen and oxygen atoms in total. The molecule has 0 atom stereocenters. The molecule has 0 amide bonds. The minimum Gasteiger partial charge on any atom is -0.240 e. The van der Waals surface area contributed by atoms with E-state index in [0.29, 0.717) is 0 Å². The van der Waals surface area contributed by atoms with Crippen molar-refractivity contribution in [3.05, 3.63) is 39.1 Å². The van der Waals surface area contributed by atoms with Gasteiger partial charge in [-0.25, -0.2) is 4.98 Å². The average molecular weight is 319 g/mol. The number of rotatable bonds is 2. The maximum Gasteiger partial charge on any atom is 0.114 e. The molecule has 0 saturated heterocycles. The third kappa shape index (κ3) is 1.88. The molecular formula is C14H11BrN2S. The van der Waals surface area contributed by atoms with E-state index in [1.165, 1.54) is 0 Å². The number of halogens is 1. The van der Waals surface area contributed by atoms with Gasteiger partial charge in [-0.2, -0.15) is 5.26 Å². The van der Waals surface area contributed by atoms with Crippen molar-refractivity contribution < 1.29 is 0 Å². The quantitative estimate of drug-likeness (QED) is 0.816. The summed E-state index contributed by atoms with van der Waals surface area (Å²) in [4.78, 5) is 4.66. The fourth-order valence-electron chi connectivity index (χ4n) is 2.15. The summed E-state index contributed by atoms with van der Waals surface area (Å²) in [6.45, 7) is 0. The van der Waals surface area contributed by atoms with Gasteiger partial charge in [0.2, 0.25) is 0 Å². The zero-order chi connectivity index (χ0) is 12.6. The normalized spacial score (nSPS) is 16.9. The summed E-state index contributed by atoms with van der Waals surface area (Å²) in [5.74, 6) is 0. The smallest absolute Gasteiger partial charge is 0.114 e. The van der Waals surface area contributed by atoms with E-state index in [1.54, 1.807) is 11.3 Å². The first-order valence-corrected chi connectivity index (χ1v) is 7.54. The Morgan fingerprint density at radius 2 is 2.00 bits per heavy atom. The molecule has 0 bridgehead atoms. The molecule has 1 heterocycles. The van der Waals surface area contributed by atoms with E-state index in [-0.39, 0.29) is 5.41 Å². The molecule has 18 heavy (non-hydrogen) atoms. The number of nitrogens with zero attached hydrogens (tertiary/aromatic N) is 2. The Kier molecular flexibility index (Phi) is 2.96. The summed E-state index contributed by atoms with van der Waals surface area (Å²) in [5.41, 5.74) is 1.79. The van der Waals surface area contributed by atoms with Gasteiger partial charge in [0.25, 0.3) is 0 Å². The predicted molar refractivity (Wildman–Crippen MR) is 76.4 cm³/mol.